The molecule has 0 atom stereocenters. The van der Waals surface area contributed by atoms with Gasteiger partial charge in [0.2, 0.25) is 0 Å². The zero-order chi connectivity index (χ0) is 18.0. The van der Waals surface area contributed by atoms with Crippen LogP contribution in [0.25, 0.3) is 11.0 Å². The molecule has 0 saturated carbocycles. The summed E-state index contributed by atoms with van der Waals surface area (Å²) in [5.41, 5.74) is 1.92. The Morgan fingerprint density at radius 2 is 1.80 bits per heavy atom. The zero-order valence-electron chi connectivity index (χ0n) is 12.8. The van der Waals surface area contributed by atoms with Gasteiger partial charge in [0.15, 0.2) is 5.82 Å². The molecule has 3 rings (SSSR count). The molecule has 3 aromatic rings. The molecule has 0 bridgehead atoms. The number of carboxylic acids is 1. The molecular formula is C17H13F2N3O3. The van der Waals surface area contributed by atoms with Crippen molar-refractivity contribution in [1.82, 2.24) is 15.3 Å². The smallest absolute Gasteiger partial charge is 0.335 e. The van der Waals surface area contributed by atoms with Gasteiger partial charge in [0.25, 0.3) is 12.3 Å². The second-order valence-corrected chi connectivity index (χ2v) is 5.34. The number of benzene rings is 2. The number of amides is 1. The van der Waals surface area contributed by atoms with Crippen LogP contribution in [0.1, 0.15) is 38.5 Å². The van der Waals surface area contributed by atoms with Gasteiger partial charge in [0, 0.05) is 12.1 Å². The van der Waals surface area contributed by atoms with Gasteiger partial charge in [0.05, 0.1) is 16.6 Å². The number of alkyl halides is 2. The molecular weight excluding hydrogens is 332 g/mol. The average molecular weight is 345 g/mol. The fraction of sp³-hybridized carbons (Fsp3) is 0.118. The molecule has 0 unspecified atom stereocenters. The molecule has 2 aromatic carbocycles. The molecule has 6 nitrogen and oxygen atoms in total. The molecule has 0 aliphatic carbocycles. The van der Waals surface area contributed by atoms with Crippen LogP contribution >= 0.6 is 0 Å². The van der Waals surface area contributed by atoms with Crippen molar-refractivity contribution in [2.45, 2.75) is 13.0 Å². The maximum Gasteiger partial charge on any atom is 0.335 e. The Morgan fingerprint density at radius 1 is 1.12 bits per heavy atom. The van der Waals surface area contributed by atoms with Gasteiger partial charge in [-0.2, -0.15) is 0 Å². The van der Waals surface area contributed by atoms with Gasteiger partial charge in [0.1, 0.15) is 0 Å². The van der Waals surface area contributed by atoms with Crippen molar-refractivity contribution in [3.05, 3.63) is 65.0 Å². The number of hydrogen-bond acceptors (Lipinski definition) is 3. The minimum Gasteiger partial charge on any atom is -0.478 e. The Balaban J connectivity index is 1.70. The summed E-state index contributed by atoms with van der Waals surface area (Å²) < 4.78 is 25.3. The summed E-state index contributed by atoms with van der Waals surface area (Å²) in [6.07, 6.45) is -2.71. The maximum atomic E-state index is 12.6. The summed E-state index contributed by atoms with van der Waals surface area (Å²) in [4.78, 5) is 29.2. The van der Waals surface area contributed by atoms with Crippen LogP contribution in [0.5, 0.6) is 0 Å². The van der Waals surface area contributed by atoms with Crippen LogP contribution in [-0.2, 0) is 6.54 Å². The highest BCUT2D eigenvalue weighted by Crippen LogP contribution is 2.20. The second-order valence-electron chi connectivity index (χ2n) is 5.34. The first-order chi connectivity index (χ1) is 11.9. The number of fused-ring (bicyclic) bond motifs is 1. The van der Waals surface area contributed by atoms with Crippen LogP contribution in [0, 0.1) is 0 Å². The second kappa shape index (κ2) is 6.68. The van der Waals surface area contributed by atoms with Gasteiger partial charge in [-0.15, -0.1) is 0 Å². The van der Waals surface area contributed by atoms with Gasteiger partial charge in [-0.1, -0.05) is 12.1 Å². The van der Waals surface area contributed by atoms with Crippen molar-refractivity contribution in [2.24, 2.45) is 0 Å². The Hall–Kier alpha value is -3.29. The first kappa shape index (κ1) is 16.6. The minimum atomic E-state index is -2.71. The monoisotopic (exact) mass is 345 g/mol. The van der Waals surface area contributed by atoms with E-state index in [0.29, 0.717) is 16.6 Å². The third kappa shape index (κ3) is 3.63. The lowest BCUT2D eigenvalue weighted by atomic mass is 10.1. The van der Waals surface area contributed by atoms with Crippen molar-refractivity contribution < 1.29 is 23.5 Å². The highest BCUT2D eigenvalue weighted by molar-refractivity contribution is 5.97. The van der Waals surface area contributed by atoms with E-state index in [1.807, 2.05) is 0 Å². The number of aromatic nitrogens is 2. The summed E-state index contributed by atoms with van der Waals surface area (Å²) >= 11 is 0. The molecule has 0 radical (unpaired) electrons. The third-order valence-corrected chi connectivity index (χ3v) is 3.62. The third-order valence-electron chi connectivity index (χ3n) is 3.62. The van der Waals surface area contributed by atoms with Gasteiger partial charge in [-0.3, -0.25) is 4.79 Å². The van der Waals surface area contributed by atoms with Crippen LogP contribution in [-0.4, -0.2) is 27.0 Å². The molecule has 0 aliphatic heterocycles. The topological polar surface area (TPSA) is 95.1 Å². The number of rotatable bonds is 5. The molecule has 8 heteroatoms. The van der Waals surface area contributed by atoms with E-state index in [4.69, 9.17) is 5.11 Å². The minimum absolute atomic E-state index is 0.162. The van der Waals surface area contributed by atoms with E-state index in [0.717, 1.165) is 5.56 Å². The van der Waals surface area contributed by atoms with E-state index >= 15 is 0 Å². The number of H-pyrrole nitrogens is 1. The fourth-order valence-corrected chi connectivity index (χ4v) is 2.32. The molecule has 1 amide bonds. The fourth-order valence-electron chi connectivity index (χ4n) is 2.32. The standard InChI is InChI=1S/C17H13F2N3O3/c18-14(19)15-21-12-6-5-11(7-13(12)22-15)16(23)20-8-9-1-3-10(4-2-9)17(24)25/h1-7,14H,8H2,(H,20,23)(H,21,22)(H,24,25). The predicted molar refractivity (Wildman–Crippen MR) is 85.6 cm³/mol. The highest BCUT2D eigenvalue weighted by atomic mass is 19.3. The number of nitrogens with one attached hydrogen (secondary N) is 2. The lowest BCUT2D eigenvalue weighted by Gasteiger charge is -2.06. The van der Waals surface area contributed by atoms with Crippen molar-refractivity contribution in [3.63, 3.8) is 0 Å². The van der Waals surface area contributed by atoms with Crippen LogP contribution in [0.15, 0.2) is 42.5 Å². The SMILES string of the molecule is O=C(O)c1ccc(CNC(=O)c2ccc3nc(C(F)F)[nH]c3c2)cc1. The molecule has 0 saturated heterocycles. The van der Waals surface area contributed by atoms with E-state index in [2.05, 4.69) is 15.3 Å². The van der Waals surface area contributed by atoms with Gasteiger partial charge < -0.3 is 15.4 Å². The van der Waals surface area contributed by atoms with Crippen molar-refractivity contribution in [2.75, 3.05) is 0 Å². The zero-order valence-corrected chi connectivity index (χ0v) is 12.8. The Kier molecular flexibility index (Phi) is 4.42. The quantitative estimate of drug-likeness (QED) is 0.662. The van der Waals surface area contributed by atoms with Crippen LogP contribution in [0.2, 0.25) is 0 Å². The van der Waals surface area contributed by atoms with Crippen LogP contribution in [0.4, 0.5) is 8.78 Å². The molecule has 0 spiro atoms. The van der Waals surface area contributed by atoms with E-state index in [9.17, 15) is 18.4 Å². The Morgan fingerprint density at radius 3 is 2.44 bits per heavy atom. The molecule has 0 fully saturated rings. The predicted octanol–water partition coefficient (Wildman–Crippen LogP) is 3.13. The molecule has 25 heavy (non-hydrogen) atoms. The van der Waals surface area contributed by atoms with Crippen LogP contribution < -0.4 is 5.32 Å². The Labute approximate surface area is 140 Å². The summed E-state index contributed by atoms with van der Waals surface area (Å²) in [5.74, 6) is -1.84. The number of hydrogen-bond donors (Lipinski definition) is 3. The number of aromatic amines is 1. The summed E-state index contributed by atoms with van der Waals surface area (Å²) in [5, 5.41) is 11.5. The number of carbonyl (C=O) groups excluding carboxylic acids is 1. The number of aromatic carboxylic acids is 1. The normalized spacial score (nSPS) is 11.0. The van der Waals surface area contributed by atoms with Gasteiger partial charge >= 0.3 is 5.97 Å². The number of imidazole rings is 1. The average Bonchev–Trinajstić information content (AvgIpc) is 3.03. The summed E-state index contributed by atoms with van der Waals surface area (Å²) in [7, 11) is 0. The number of carbonyl (C=O) groups is 2. The number of halogens is 2. The number of nitrogens with zero attached hydrogens (tertiary/aromatic N) is 1. The van der Waals surface area contributed by atoms with Crippen LogP contribution in [0.3, 0.4) is 0 Å². The van der Waals surface area contributed by atoms with Gasteiger partial charge in [-0.25, -0.2) is 18.6 Å². The molecule has 1 aromatic heterocycles. The molecule has 128 valence electrons. The van der Waals surface area contributed by atoms with E-state index in [1.165, 1.54) is 30.3 Å². The lowest BCUT2D eigenvalue weighted by molar-refractivity contribution is 0.0696. The lowest BCUT2D eigenvalue weighted by Crippen LogP contribution is -2.22. The van der Waals surface area contributed by atoms with Gasteiger partial charge in [-0.05, 0) is 35.9 Å². The molecule has 3 N–H and O–H groups in total. The van der Waals surface area contributed by atoms with Crippen molar-refractivity contribution in [3.8, 4) is 0 Å². The van der Waals surface area contributed by atoms with E-state index in [1.54, 1.807) is 12.1 Å². The first-order valence-corrected chi connectivity index (χ1v) is 7.32. The Bertz CT molecular complexity index is 936. The molecule has 1 heterocycles. The molecule has 0 aliphatic rings. The van der Waals surface area contributed by atoms with Crippen molar-refractivity contribution in [1.29, 1.82) is 0 Å². The highest BCUT2D eigenvalue weighted by Gasteiger charge is 2.14. The van der Waals surface area contributed by atoms with E-state index in [-0.39, 0.29) is 18.0 Å². The summed E-state index contributed by atoms with van der Waals surface area (Å²) in [6.45, 7) is 0.210. The van der Waals surface area contributed by atoms with Crippen molar-refractivity contribution >= 4 is 22.9 Å². The van der Waals surface area contributed by atoms with E-state index < -0.39 is 18.2 Å². The largest absolute Gasteiger partial charge is 0.478 e. The summed E-state index contributed by atoms with van der Waals surface area (Å²) in [6, 6.07) is 10.6. The maximum absolute atomic E-state index is 12.6. The first-order valence-electron chi connectivity index (χ1n) is 7.32. The number of carboxylic acid groups (broad SMARTS) is 1.